The first-order chi connectivity index (χ1) is 7.81. The molecular weight excluding hydrogens is 259 g/mol. The molecule has 1 aliphatic heterocycles. The van der Waals surface area contributed by atoms with Gasteiger partial charge in [-0.05, 0) is 18.6 Å². The molecule has 0 fully saturated rings. The van der Waals surface area contributed by atoms with Crippen molar-refractivity contribution in [2.75, 3.05) is 11.9 Å². The largest absolute Gasteiger partial charge is 0.534 e. The number of hydrogen-bond donors (Lipinski definition) is 1. The van der Waals surface area contributed by atoms with Gasteiger partial charge in [-0.1, -0.05) is 6.07 Å². The Kier molecular flexibility index (Phi) is 2.69. The van der Waals surface area contributed by atoms with Gasteiger partial charge >= 0.3 is 15.6 Å². The van der Waals surface area contributed by atoms with Crippen LogP contribution in [0.2, 0.25) is 0 Å². The molecule has 1 heterocycles. The molecule has 17 heavy (non-hydrogen) atoms. The molecule has 0 bridgehead atoms. The molecule has 0 aromatic heterocycles. The maximum absolute atomic E-state index is 12.1. The Morgan fingerprint density at radius 1 is 1.29 bits per heavy atom. The van der Waals surface area contributed by atoms with Crippen LogP contribution in [0.1, 0.15) is 5.56 Å². The van der Waals surface area contributed by atoms with E-state index < -0.39 is 15.6 Å². The van der Waals surface area contributed by atoms with E-state index in [0.717, 1.165) is 0 Å². The van der Waals surface area contributed by atoms with Gasteiger partial charge in [0.15, 0.2) is 0 Å². The Labute approximate surface area is 95.5 Å². The maximum Gasteiger partial charge on any atom is 0.534 e. The van der Waals surface area contributed by atoms with Crippen LogP contribution in [-0.2, 0) is 16.5 Å². The number of anilines is 1. The molecule has 0 atom stereocenters. The summed E-state index contributed by atoms with van der Waals surface area (Å²) in [6.07, 6.45) is 0.429. The SMILES string of the molecule is O=S(=O)(Oc1cccc2c1CCN2)C(F)(F)F. The highest BCUT2D eigenvalue weighted by Gasteiger charge is 2.48. The molecule has 1 aromatic rings. The fourth-order valence-electron chi connectivity index (χ4n) is 1.55. The molecule has 1 aliphatic rings. The molecule has 0 aliphatic carbocycles. The Morgan fingerprint density at radius 2 is 2.00 bits per heavy atom. The first-order valence-corrected chi connectivity index (χ1v) is 6.08. The average Bonchev–Trinajstić information content (AvgIpc) is 2.64. The summed E-state index contributed by atoms with van der Waals surface area (Å²) in [6.45, 7) is 0.543. The number of alkyl halides is 3. The number of rotatable bonds is 2. The van der Waals surface area contributed by atoms with Crippen molar-refractivity contribution in [2.45, 2.75) is 11.9 Å². The lowest BCUT2D eigenvalue weighted by molar-refractivity contribution is -0.0500. The Balaban J connectivity index is 2.36. The molecule has 2 rings (SSSR count). The molecule has 0 amide bonds. The average molecular weight is 267 g/mol. The molecule has 1 N–H and O–H groups in total. The van der Waals surface area contributed by atoms with Gasteiger partial charge in [-0.2, -0.15) is 21.6 Å². The number of benzene rings is 1. The molecule has 0 unspecified atom stereocenters. The summed E-state index contributed by atoms with van der Waals surface area (Å²) in [6, 6.07) is 4.28. The zero-order valence-corrected chi connectivity index (χ0v) is 9.23. The van der Waals surface area contributed by atoms with Crippen molar-refractivity contribution in [3.8, 4) is 5.75 Å². The standard InChI is InChI=1S/C9H8F3NO3S/c10-9(11,12)17(14,15)16-8-3-1-2-7-6(8)4-5-13-7/h1-3,13H,4-5H2. The van der Waals surface area contributed by atoms with E-state index in [1.165, 1.54) is 12.1 Å². The highest BCUT2D eigenvalue weighted by Crippen LogP contribution is 2.34. The van der Waals surface area contributed by atoms with E-state index in [1.54, 1.807) is 6.07 Å². The van der Waals surface area contributed by atoms with Gasteiger partial charge in [0.05, 0.1) is 0 Å². The zero-order valence-electron chi connectivity index (χ0n) is 8.41. The lowest BCUT2D eigenvalue weighted by atomic mass is 10.1. The van der Waals surface area contributed by atoms with E-state index in [9.17, 15) is 21.6 Å². The monoisotopic (exact) mass is 267 g/mol. The Hall–Kier alpha value is -1.44. The van der Waals surface area contributed by atoms with Gasteiger partial charge in [-0.3, -0.25) is 0 Å². The number of halogens is 3. The maximum atomic E-state index is 12.1. The van der Waals surface area contributed by atoms with Crippen molar-refractivity contribution < 1.29 is 25.8 Å². The number of nitrogens with one attached hydrogen (secondary N) is 1. The van der Waals surface area contributed by atoms with Crippen LogP contribution in [0.4, 0.5) is 18.9 Å². The van der Waals surface area contributed by atoms with E-state index in [1.807, 2.05) is 0 Å². The van der Waals surface area contributed by atoms with Gasteiger partial charge in [-0.25, -0.2) is 0 Å². The van der Waals surface area contributed by atoms with Crippen molar-refractivity contribution in [1.82, 2.24) is 0 Å². The van der Waals surface area contributed by atoms with Gasteiger partial charge in [0.2, 0.25) is 0 Å². The second kappa shape index (κ2) is 3.80. The topological polar surface area (TPSA) is 55.4 Å². The van der Waals surface area contributed by atoms with Crippen molar-refractivity contribution in [3.63, 3.8) is 0 Å². The smallest absolute Gasteiger partial charge is 0.384 e. The second-order valence-electron chi connectivity index (χ2n) is 3.44. The van der Waals surface area contributed by atoms with Crippen LogP contribution >= 0.6 is 0 Å². The summed E-state index contributed by atoms with van der Waals surface area (Å²) >= 11 is 0. The Morgan fingerprint density at radius 3 is 2.65 bits per heavy atom. The van der Waals surface area contributed by atoms with E-state index in [-0.39, 0.29) is 5.75 Å². The second-order valence-corrected chi connectivity index (χ2v) is 4.98. The van der Waals surface area contributed by atoms with Crippen LogP contribution in [0.25, 0.3) is 0 Å². The van der Waals surface area contributed by atoms with Crippen molar-refractivity contribution in [1.29, 1.82) is 0 Å². The minimum atomic E-state index is -5.60. The first kappa shape index (κ1) is 12.0. The first-order valence-electron chi connectivity index (χ1n) is 4.68. The Bertz CT molecular complexity index is 539. The normalized spacial score (nSPS) is 15.2. The lowest BCUT2D eigenvalue weighted by Gasteiger charge is -2.11. The molecule has 0 spiro atoms. The third-order valence-electron chi connectivity index (χ3n) is 2.31. The van der Waals surface area contributed by atoms with Crippen molar-refractivity contribution in [2.24, 2.45) is 0 Å². The van der Waals surface area contributed by atoms with Gasteiger partial charge in [0.25, 0.3) is 0 Å². The molecule has 1 aromatic carbocycles. The highest BCUT2D eigenvalue weighted by molar-refractivity contribution is 7.88. The lowest BCUT2D eigenvalue weighted by Crippen LogP contribution is -2.28. The van der Waals surface area contributed by atoms with Crippen molar-refractivity contribution >= 4 is 15.8 Å². The molecule has 4 nitrogen and oxygen atoms in total. The van der Waals surface area contributed by atoms with Gasteiger partial charge in [0.1, 0.15) is 5.75 Å². The molecule has 0 saturated carbocycles. The van der Waals surface area contributed by atoms with Gasteiger partial charge < -0.3 is 9.50 Å². The summed E-state index contributed by atoms with van der Waals surface area (Å²) in [5, 5.41) is 2.91. The van der Waals surface area contributed by atoms with Crippen LogP contribution in [0, 0.1) is 0 Å². The third-order valence-corrected chi connectivity index (χ3v) is 3.27. The minimum Gasteiger partial charge on any atom is -0.384 e. The quantitative estimate of drug-likeness (QED) is 0.656. The van der Waals surface area contributed by atoms with E-state index >= 15 is 0 Å². The van der Waals surface area contributed by atoms with Crippen LogP contribution in [0.5, 0.6) is 5.75 Å². The predicted molar refractivity (Wildman–Crippen MR) is 54.2 cm³/mol. The third kappa shape index (κ3) is 2.17. The number of fused-ring (bicyclic) bond motifs is 1. The molecule has 8 heteroatoms. The van der Waals surface area contributed by atoms with E-state index in [0.29, 0.717) is 24.2 Å². The summed E-state index contributed by atoms with van der Waals surface area (Å²) in [5.41, 5.74) is -4.37. The van der Waals surface area contributed by atoms with Crippen molar-refractivity contribution in [3.05, 3.63) is 23.8 Å². The summed E-state index contributed by atoms with van der Waals surface area (Å²) in [7, 11) is -5.60. The van der Waals surface area contributed by atoms with Gasteiger partial charge in [-0.15, -0.1) is 0 Å². The summed E-state index contributed by atoms with van der Waals surface area (Å²) < 4.78 is 62.3. The molecule has 0 radical (unpaired) electrons. The van der Waals surface area contributed by atoms with Crippen LogP contribution in [0.15, 0.2) is 18.2 Å². The summed E-state index contributed by atoms with van der Waals surface area (Å²) in [5.74, 6) is -0.273. The molecule has 94 valence electrons. The van der Waals surface area contributed by atoms with Gasteiger partial charge in [0, 0.05) is 17.8 Å². The fourth-order valence-corrected chi connectivity index (χ4v) is 2.04. The van der Waals surface area contributed by atoms with E-state index in [4.69, 9.17) is 0 Å². The van der Waals surface area contributed by atoms with Crippen LogP contribution in [0.3, 0.4) is 0 Å². The highest BCUT2D eigenvalue weighted by atomic mass is 32.2. The zero-order chi connectivity index (χ0) is 12.7. The van der Waals surface area contributed by atoms with Crippen LogP contribution < -0.4 is 9.50 Å². The molecular formula is C9H8F3NO3S. The minimum absolute atomic E-state index is 0.273. The summed E-state index contributed by atoms with van der Waals surface area (Å²) in [4.78, 5) is 0. The molecule has 0 saturated heterocycles. The number of hydrogen-bond acceptors (Lipinski definition) is 4. The predicted octanol–water partition coefficient (Wildman–Crippen LogP) is 1.88. The van der Waals surface area contributed by atoms with E-state index in [2.05, 4.69) is 9.50 Å². The fraction of sp³-hybridized carbons (Fsp3) is 0.333. The van der Waals surface area contributed by atoms with Crippen LogP contribution in [-0.4, -0.2) is 20.5 Å².